The van der Waals surface area contributed by atoms with Gasteiger partial charge in [0.1, 0.15) is 5.75 Å². The molecule has 0 unspecified atom stereocenters. The van der Waals surface area contributed by atoms with Gasteiger partial charge in [-0.15, -0.1) is 6.42 Å². The Labute approximate surface area is 153 Å². The van der Waals surface area contributed by atoms with E-state index in [0.29, 0.717) is 10.6 Å². The van der Waals surface area contributed by atoms with E-state index in [1.165, 1.54) is 23.5 Å². The summed E-state index contributed by atoms with van der Waals surface area (Å²) in [4.78, 5) is 16.7. The van der Waals surface area contributed by atoms with Gasteiger partial charge in [-0.25, -0.2) is 4.39 Å². The van der Waals surface area contributed by atoms with Gasteiger partial charge in [0.25, 0.3) is 5.91 Å². The molecule has 3 rings (SSSR count). The molecule has 0 bridgehead atoms. The molecule has 26 heavy (non-hydrogen) atoms. The number of para-hydroxylation sites is 1. The SMILES string of the molecule is C#CCn1c(=NC(=O)COc2ccccc2F)sc2cc(OC)ccc21. The lowest BCUT2D eigenvalue weighted by molar-refractivity contribution is -0.120. The zero-order chi connectivity index (χ0) is 18.5. The predicted molar refractivity (Wildman–Crippen MR) is 97.7 cm³/mol. The van der Waals surface area contributed by atoms with Gasteiger partial charge >= 0.3 is 0 Å². The summed E-state index contributed by atoms with van der Waals surface area (Å²) in [5, 5.41) is 0. The number of aromatic nitrogens is 1. The Morgan fingerprint density at radius 2 is 2.15 bits per heavy atom. The Hall–Kier alpha value is -3.11. The maximum Gasteiger partial charge on any atom is 0.286 e. The lowest BCUT2D eigenvalue weighted by atomic mass is 10.3. The fourth-order valence-electron chi connectivity index (χ4n) is 2.35. The lowest BCUT2D eigenvalue weighted by Gasteiger charge is -2.04. The van der Waals surface area contributed by atoms with Crippen LogP contribution in [0.1, 0.15) is 0 Å². The summed E-state index contributed by atoms with van der Waals surface area (Å²) >= 11 is 1.32. The van der Waals surface area contributed by atoms with E-state index < -0.39 is 11.7 Å². The van der Waals surface area contributed by atoms with Gasteiger partial charge in [-0.05, 0) is 30.3 Å². The minimum atomic E-state index is -0.531. The van der Waals surface area contributed by atoms with E-state index in [9.17, 15) is 9.18 Å². The van der Waals surface area contributed by atoms with Crippen LogP contribution in [0.5, 0.6) is 11.5 Å². The number of amides is 1. The van der Waals surface area contributed by atoms with E-state index in [1.54, 1.807) is 23.8 Å². The first-order chi connectivity index (χ1) is 12.6. The quantitative estimate of drug-likeness (QED) is 0.649. The average Bonchev–Trinajstić information content (AvgIpc) is 2.97. The first-order valence-electron chi connectivity index (χ1n) is 7.68. The highest BCUT2D eigenvalue weighted by atomic mass is 32.1. The van der Waals surface area contributed by atoms with Gasteiger partial charge in [0.15, 0.2) is 23.0 Å². The van der Waals surface area contributed by atoms with E-state index in [4.69, 9.17) is 15.9 Å². The van der Waals surface area contributed by atoms with Crippen molar-refractivity contribution in [2.45, 2.75) is 6.54 Å². The summed E-state index contributed by atoms with van der Waals surface area (Å²) < 4.78 is 26.6. The van der Waals surface area contributed by atoms with Gasteiger partial charge in [-0.3, -0.25) is 4.79 Å². The molecule has 5 nitrogen and oxygen atoms in total. The third-order valence-electron chi connectivity index (χ3n) is 3.55. The van der Waals surface area contributed by atoms with Crippen LogP contribution in [0.3, 0.4) is 0 Å². The van der Waals surface area contributed by atoms with Crippen molar-refractivity contribution in [1.29, 1.82) is 0 Å². The number of benzene rings is 2. The van der Waals surface area contributed by atoms with Crippen LogP contribution in [0.2, 0.25) is 0 Å². The molecule has 0 spiro atoms. The van der Waals surface area contributed by atoms with Crippen LogP contribution >= 0.6 is 11.3 Å². The van der Waals surface area contributed by atoms with E-state index in [-0.39, 0.29) is 18.9 Å². The number of terminal acetylenes is 1. The van der Waals surface area contributed by atoms with Crippen LogP contribution in [0, 0.1) is 18.2 Å². The lowest BCUT2D eigenvalue weighted by Crippen LogP contribution is -2.19. The number of methoxy groups -OCH3 is 1. The van der Waals surface area contributed by atoms with E-state index in [2.05, 4.69) is 10.9 Å². The zero-order valence-electron chi connectivity index (χ0n) is 13.9. The summed E-state index contributed by atoms with van der Waals surface area (Å²) in [7, 11) is 1.58. The van der Waals surface area contributed by atoms with Crippen molar-refractivity contribution in [1.82, 2.24) is 4.57 Å². The third kappa shape index (κ3) is 3.76. The Morgan fingerprint density at radius 1 is 1.35 bits per heavy atom. The van der Waals surface area contributed by atoms with E-state index >= 15 is 0 Å². The highest BCUT2D eigenvalue weighted by molar-refractivity contribution is 7.16. The van der Waals surface area contributed by atoms with Crippen LogP contribution in [-0.4, -0.2) is 24.2 Å². The van der Waals surface area contributed by atoms with Crippen LogP contribution < -0.4 is 14.3 Å². The smallest absolute Gasteiger partial charge is 0.286 e. The second kappa shape index (κ2) is 7.85. The fourth-order valence-corrected chi connectivity index (χ4v) is 3.43. The van der Waals surface area contributed by atoms with Crippen LogP contribution in [-0.2, 0) is 11.3 Å². The molecule has 1 amide bonds. The number of fused-ring (bicyclic) bond motifs is 1. The Bertz CT molecular complexity index is 1060. The first kappa shape index (κ1) is 17.7. The van der Waals surface area contributed by atoms with Crippen LogP contribution in [0.15, 0.2) is 47.5 Å². The van der Waals surface area contributed by atoms with Crippen molar-refractivity contribution in [2.75, 3.05) is 13.7 Å². The number of hydrogen-bond donors (Lipinski definition) is 0. The molecule has 1 heterocycles. The minimum absolute atomic E-state index is 0.00799. The molecule has 132 valence electrons. The maximum atomic E-state index is 13.5. The number of halogens is 1. The summed E-state index contributed by atoms with van der Waals surface area (Å²) in [6.45, 7) is -0.0961. The van der Waals surface area contributed by atoms with Crippen molar-refractivity contribution in [3.05, 3.63) is 53.1 Å². The molecule has 0 aliphatic rings. The van der Waals surface area contributed by atoms with Gasteiger partial charge in [-0.1, -0.05) is 29.4 Å². The second-order valence-electron chi connectivity index (χ2n) is 5.23. The molecule has 0 radical (unpaired) electrons. The first-order valence-corrected chi connectivity index (χ1v) is 8.49. The molecule has 0 saturated carbocycles. The highest BCUT2D eigenvalue weighted by Gasteiger charge is 2.10. The molecular formula is C19H15FN2O3S. The summed E-state index contributed by atoms with van der Waals surface area (Å²) in [6.07, 6.45) is 5.43. The van der Waals surface area contributed by atoms with Crippen LogP contribution in [0.25, 0.3) is 10.2 Å². The molecule has 0 atom stereocenters. The van der Waals surface area contributed by atoms with Crippen molar-refractivity contribution in [2.24, 2.45) is 4.99 Å². The van der Waals surface area contributed by atoms with E-state index in [0.717, 1.165) is 10.2 Å². The molecule has 2 aromatic carbocycles. The Morgan fingerprint density at radius 3 is 2.88 bits per heavy atom. The molecule has 0 fully saturated rings. The number of thiazole rings is 1. The molecule has 0 N–H and O–H groups in total. The summed E-state index contributed by atoms with van der Waals surface area (Å²) in [5.41, 5.74) is 0.857. The average molecular weight is 370 g/mol. The van der Waals surface area contributed by atoms with Gasteiger partial charge < -0.3 is 14.0 Å². The van der Waals surface area contributed by atoms with Crippen molar-refractivity contribution >= 4 is 27.5 Å². The minimum Gasteiger partial charge on any atom is -0.497 e. The standard InChI is InChI=1S/C19H15FN2O3S/c1-3-10-22-15-9-8-13(24-2)11-17(15)26-19(22)21-18(23)12-25-16-7-5-4-6-14(16)20/h1,4-9,11H,10,12H2,2H3. The highest BCUT2D eigenvalue weighted by Crippen LogP contribution is 2.23. The molecule has 7 heteroatoms. The maximum absolute atomic E-state index is 13.5. The topological polar surface area (TPSA) is 52.8 Å². The Balaban J connectivity index is 1.90. The second-order valence-corrected chi connectivity index (χ2v) is 6.24. The number of rotatable bonds is 5. The molecule has 1 aromatic heterocycles. The monoisotopic (exact) mass is 370 g/mol. The Kier molecular flexibility index (Phi) is 5.34. The van der Waals surface area contributed by atoms with Crippen molar-refractivity contribution < 1.29 is 18.7 Å². The number of ether oxygens (including phenoxy) is 2. The van der Waals surface area contributed by atoms with Crippen molar-refractivity contribution in [3.8, 4) is 23.8 Å². The van der Waals surface area contributed by atoms with Crippen LogP contribution in [0.4, 0.5) is 4.39 Å². The largest absolute Gasteiger partial charge is 0.497 e. The van der Waals surface area contributed by atoms with Gasteiger partial charge in [0.2, 0.25) is 0 Å². The van der Waals surface area contributed by atoms with Crippen molar-refractivity contribution in [3.63, 3.8) is 0 Å². The summed E-state index contributed by atoms with van der Waals surface area (Å²) in [5.74, 6) is 2.20. The third-order valence-corrected chi connectivity index (χ3v) is 4.59. The number of carbonyl (C=O) groups excluding carboxylic acids is 1. The normalized spacial score (nSPS) is 11.3. The number of hydrogen-bond acceptors (Lipinski definition) is 4. The molecule has 3 aromatic rings. The van der Waals surface area contributed by atoms with Gasteiger partial charge in [0, 0.05) is 0 Å². The molecule has 0 aliphatic carbocycles. The molecule has 0 aliphatic heterocycles. The predicted octanol–water partition coefficient (Wildman–Crippen LogP) is 2.99. The summed E-state index contributed by atoms with van der Waals surface area (Å²) in [6, 6.07) is 11.4. The van der Waals surface area contributed by atoms with E-state index in [1.807, 2.05) is 18.2 Å². The number of carbonyl (C=O) groups is 1. The number of nitrogens with zero attached hydrogens (tertiary/aromatic N) is 2. The molecular weight excluding hydrogens is 355 g/mol. The van der Waals surface area contributed by atoms with Gasteiger partial charge in [0.05, 0.1) is 23.9 Å². The molecule has 0 saturated heterocycles. The van der Waals surface area contributed by atoms with Gasteiger partial charge in [-0.2, -0.15) is 4.99 Å². The zero-order valence-corrected chi connectivity index (χ0v) is 14.8. The fraction of sp³-hybridized carbons (Fsp3) is 0.158.